The van der Waals surface area contributed by atoms with Crippen LogP contribution in [0.25, 0.3) is 33.3 Å². The number of pyridine rings is 2. The van der Waals surface area contributed by atoms with Gasteiger partial charge < -0.3 is 10.2 Å². The van der Waals surface area contributed by atoms with Crippen molar-refractivity contribution in [3.05, 3.63) is 93.3 Å². The lowest BCUT2D eigenvalue weighted by molar-refractivity contribution is 0.165. The highest BCUT2D eigenvalue weighted by Gasteiger charge is 2.33. The molecule has 2 saturated heterocycles. The molecule has 5 heterocycles. The molecule has 0 amide bonds. The maximum absolute atomic E-state index is 13.7. The van der Waals surface area contributed by atoms with Crippen LogP contribution < -0.4 is 10.9 Å². The molecule has 0 radical (unpaired) electrons. The zero-order valence-electron chi connectivity index (χ0n) is 24.8. The molecule has 2 fully saturated rings. The van der Waals surface area contributed by atoms with E-state index >= 15 is 0 Å². The summed E-state index contributed by atoms with van der Waals surface area (Å²) >= 11 is 6.76. The van der Waals surface area contributed by atoms with Gasteiger partial charge in [0.05, 0.1) is 0 Å². The minimum absolute atomic E-state index is 0.121. The van der Waals surface area contributed by atoms with Gasteiger partial charge in [-0.15, -0.1) is 0 Å². The molecule has 4 aromatic rings. The second-order valence-electron chi connectivity index (χ2n) is 12.1. The Morgan fingerprint density at radius 1 is 0.977 bits per heavy atom. The summed E-state index contributed by atoms with van der Waals surface area (Å²) in [6.45, 7) is 6.94. The Bertz CT molecular complexity index is 1810. The van der Waals surface area contributed by atoms with E-state index in [0.717, 1.165) is 46.8 Å². The zero-order valence-corrected chi connectivity index (χ0v) is 25.6. The van der Waals surface area contributed by atoms with E-state index in [4.69, 9.17) is 16.6 Å². The summed E-state index contributed by atoms with van der Waals surface area (Å²) in [6.07, 6.45) is 15.5. The number of fused-ring (bicyclic) bond motifs is 2. The van der Waals surface area contributed by atoms with Crippen LogP contribution in [0.3, 0.4) is 0 Å². The first kappa shape index (κ1) is 28.0. The monoisotopic (exact) mass is 592 g/mol. The number of hydrogen-bond acceptors (Lipinski definition) is 6. The highest BCUT2D eigenvalue weighted by Crippen LogP contribution is 2.37. The van der Waals surface area contributed by atoms with Crippen LogP contribution in [-0.4, -0.2) is 43.6 Å². The third-order valence-electron chi connectivity index (χ3n) is 9.45. The van der Waals surface area contributed by atoms with Crippen LogP contribution in [0.2, 0.25) is 5.02 Å². The number of hydrogen-bond donors (Lipinski definition) is 1. The number of rotatable bonds is 6. The van der Waals surface area contributed by atoms with E-state index in [1.54, 1.807) is 16.3 Å². The first-order chi connectivity index (χ1) is 21.0. The normalized spacial score (nSPS) is 20.5. The number of benzene rings is 1. The number of allylic oxidation sites excluding steroid dienone is 4. The molecule has 2 unspecified atom stereocenters. The Morgan fingerprint density at radius 2 is 1.86 bits per heavy atom. The zero-order chi connectivity index (χ0) is 29.5. The predicted molar refractivity (Wildman–Crippen MR) is 174 cm³/mol. The van der Waals surface area contributed by atoms with E-state index in [9.17, 15) is 4.79 Å². The Kier molecular flexibility index (Phi) is 7.62. The van der Waals surface area contributed by atoms with Gasteiger partial charge in [0, 0.05) is 63.5 Å². The van der Waals surface area contributed by atoms with Crippen LogP contribution in [0.1, 0.15) is 51.1 Å². The van der Waals surface area contributed by atoms with Gasteiger partial charge in [-0.1, -0.05) is 41.4 Å². The molecule has 1 aromatic carbocycles. The van der Waals surface area contributed by atoms with Crippen molar-refractivity contribution in [3.63, 3.8) is 0 Å². The topological polar surface area (TPSA) is 75.9 Å². The summed E-state index contributed by atoms with van der Waals surface area (Å²) in [4.78, 5) is 30.2. The lowest BCUT2D eigenvalue weighted by Crippen LogP contribution is -2.38. The lowest BCUT2D eigenvalue weighted by atomic mass is 9.81. The SMILES string of the molecule is CCn1c(=O)c(-c2ccc(-c3ccc(C)nc3)cc2Cl)cc2cnc(NC3=CC=C(C4CCN5CCCC5C4)CC3)nc21. The molecule has 3 aromatic heterocycles. The summed E-state index contributed by atoms with van der Waals surface area (Å²) in [7, 11) is 0. The number of aromatic nitrogens is 4. The average molecular weight is 593 g/mol. The Balaban J connectivity index is 1.13. The van der Waals surface area contributed by atoms with Crippen molar-refractivity contribution in [2.75, 3.05) is 18.4 Å². The first-order valence-electron chi connectivity index (χ1n) is 15.5. The van der Waals surface area contributed by atoms with Gasteiger partial charge in [0.2, 0.25) is 5.95 Å². The molecule has 7 nitrogen and oxygen atoms in total. The molecule has 7 rings (SSSR count). The summed E-state index contributed by atoms with van der Waals surface area (Å²) in [5, 5.41) is 4.74. The molecule has 220 valence electrons. The highest BCUT2D eigenvalue weighted by molar-refractivity contribution is 6.33. The van der Waals surface area contributed by atoms with Crippen molar-refractivity contribution >= 4 is 28.6 Å². The van der Waals surface area contributed by atoms with Crippen molar-refractivity contribution in [2.45, 2.75) is 65.0 Å². The van der Waals surface area contributed by atoms with Crippen molar-refractivity contribution < 1.29 is 0 Å². The van der Waals surface area contributed by atoms with E-state index in [2.05, 4.69) is 32.3 Å². The number of piperidine rings is 1. The molecule has 0 bridgehead atoms. The van der Waals surface area contributed by atoms with Gasteiger partial charge in [-0.3, -0.25) is 14.3 Å². The smallest absolute Gasteiger partial charge is 0.260 e. The third-order valence-corrected chi connectivity index (χ3v) is 9.76. The molecule has 1 aliphatic carbocycles. The fraction of sp³-hybridized carbons (Fsp3) is 0.371. The first-order valence-corrected chi connectivity index (χ1v) is 15.9. The molecule has 0 saturated carbocycles. The van der Waals surface area contributed by atoms with Gasteiger partial charge in [-0.25, -0.2) is 4.98 Å². The molecule has 2 aliphatic heterocycles. The fourth-order valence-corrected chi connectivity index (χ4v) is 7.34. The Labute approximate surface area is 257 Å². The molecule has 0 spiro atoms. The van der Waals surface area contributed by atoms with Crippen LogP contribution in [0, 0.1) is 12.8 Å². The van der Waals surface area contributed by atoms with Gasteiger partial charge in [-0.05, 0) is 101 Å². The third kappa shape index (κ3) is 5.52. The number of halogens is 1. The quantitative estimate of drug-likeness (QED) is 0.251. The van der Waals surface area contributed by atoms with Crippen molar-refractivity contribution in [2.24, 2.45) is 5.92 Å². The van der Waals surface area contributed by atoms with Gasteiger partial charge >= 0.3 is 0 Å². The van der Waals surface area contributed by atoms with Crippen molar-refractivity contribution in [1.82, 2.24) is 24.4 Å². The van der Waals surface area contributed by atoms with E-state index in [0.29, 0.717) is 40.2 Å². The van der Waals surface area contributed by atoms with E-state index < -0.39 is 0 Å². The number of nitrogens with one attached hydrogen (secondary N) is 1. The van der Waals surface area contributed by atoms with Gasteiger partial charge in [0.1, 0.15) is 5.65 Å². The standard InChI is InChI=1S/C35H37ClN6O/c1-3-42-33-27(18-31(34(42)43)30-13-10-24(19-32(30)36)26-7-6-22(2)37-20-26)21-38-35(40-33)39-28-11-8-23(9-12-28)25-14-16-41-15-4-5-29(41)17-25/h6-8,10-11,13,18-21,25,29H,3-5,9,12,14-17H2,1-2H3,(H,38,39,40). The minimum Gasteiger partial charge on any atom is -0.328 e. The van der Waals surface area contributed by atoms with E-state index in [1.807, 2.05) is 56.4 Å². The van der Waals surface area contributed by atoms with Gasteiger partial charge in [0.15, 0.2) is 0 Å². The second kappa shape index (κ2) is 11.7. The molecule has 43 heavy (non-hydrogen) atoms. The van der Waals surface area contributed by atoms with E-state index in [1.165, 1.54) is 38.8 Å². The lowest BCUT2D eigenvalue weighted by Gasteiger charge is -2.36. The molecular weight excluding hydrogens is 556 g/mol. The molecule has 2 atom stereocenters. The predicted octanol–water partition coefficient (Wildman–Crippen LogP) is 7.39. The second-order valence-corrected chi connectivity index (χ2v) is 12.5. The molecule has 8 heteroatoms. The number of aryl methyl sites for hydroxylation is 2. The summed E-state index contributed by atoms with van der Waals surface area (Å²) in [5.74, 6) is 1.23. The fourth-order valence-electron chi connectivity index (χ4n) is 7.06. The highest BCUT2D eigenvalue weighted by atomic mass is 35.5. The van der Waals surface area contributed by atoms with Crippen LogP contribution in [0.4, 0.5) is 5.95 Å². The van der Waals surface area contributed by atoms with Crippen LogP contribution in [-0.2, 0) is 6.54 Å². The molecule has 3 aliphatic rings. The summed E-state index contributed by atoms with van der Waals surface area (Å²) in [5.41, 5.74) is 7.31. The van der Waals surface area contributed by atoms with Crippen molar-refractivity contribution in [1.29, 1.82) is 0 Å². The minimum atomic E-state index is -0.121. The van der Waals surface area contributed by atoms with Crippen molar-refractivity contribution in [3.8, 4) is 22.3 Å². The summed E-state index contributed by atoms with van der Waals surface area (Å²) in [6, 6.07) is 12.4. The van der Waals surface area contributed by atoms with Gasteiger partial charge in [-0.2, -0.15) is 4.98 Å². The van der Waals surface area contributed by atoms with Crippen LogP contribution in [0.15, 0.2) is 77.0 Å². The molecular formula is C35H37ClN6O. The largest absolute Gasteiger partial charge is 0.328 e. The Morgan fingerprint density at radius 3 is 2.63 bits per heavy atom. The summed E-state index contributed by atoms with van der Waals surface area (Å²) < 4.78 is 1.70. The molecule has 1 N–H and O–H groups in total. The van der Waals surface area contributed by atoms with Crippen LogP contribution >= 0.6 is 11.6 Å². The van der Waals surface area contributed by atoms with Gasteiger partial charge in [0.25, 0.3) is 5.56 Å². The average Bonchev–Trinajstić information content (AvgIpc) is 3.50. The number of nitrogens with zero attached hydrogens (tertiary/aromatic N) is 5. The van der Waals surface area contributed by atoms with E-state index in [-0.39, 0.29) is 5.56 Å². The maximum atomic E-state index is 13.7. The van der Waals surface area contributed by atoms with Crippen LogP contribution in [0.5, 0.6) is 0 Å². The Hall–Kier alpha value is -3.81. The maximum Gasteiger partial charge on any atom is 0.260 e. The number of anilines is 1.